The molecule has 10 heteroatoms. The summed E-state index contributed by atoms with van der Waals surface area (Å²) < 4.78 is 10.3. The van der Waals surface area contributed by atoms with Crippen molar-refractivity contribution in [2.45, 2.75) is 26.3 Å². The Kier molecular flexibility index (Phi) is 7.78. The van der Waals surface area contributed by atoms with Crippen molar-refractivity contribution in [3.63, 3.8) is 0 Å². The number of hydrogen-bond acceptors (Lipinski definition) is 8. The topological polar surface area (TPSA) is 121 Å². The summed E-state index contributed by atoms with van der Waals surface area (Å²) in [6.45, 7) is 3.59. The van der Waals surface area contributed by atoms with E-state index in [2.05, 4.69) is 16.4 Å². The first-order valence-corrected chi connectivity index (χ1v) is 13.0. The third kappa shape index (κ3) is 5.79. The van der Waals surface area contributed by atoms with Crippen molar-refractivity contribution in [3.8, 4) is 11.8 Å². The smallest absolute Gasteiger partial charge is 0.335 e. The van der Waals surface area contributed by atoms with Crippen LogP contribution >= 0.6 is 0 Å². The molecule has 4 aromatic rings. The number of urea groups is 1. The van der Waals surface area contributed by atoms with Gasteiger partial charge in [-0.25, -0.2) is 14.7 Å². The highest BCUT2D eigenvalue weighted by Gasteiger charge is 2.39. The molecule has 0 fully saturated rings. The summed E-state index contributed by atoms with van der Waals surface area (Å²) in [5.74, 6) is 1.09. The van der Waals surface area contributed by atoms with E-state index in [0.29, 0.717) is 40.9 Å². The Balaban J connectivity index is 1.52. The fraction of sp³-hybridized carbons (Fsp3) is 0.194. The number of carbonyl (C=O) groups excluding carboxylic acids is 2. The lowest BCUT2D eigenvalue weighted by molar-refractivity contribution is -0.140. The van der Waals surface area contributed by atoms with Crippen LogP contribution in [0.25, 0.3) is 0 Å². The van der Waals surface area contributed by atoms with Gasteiger partial charge in [0.05, 0.1) is 37.1 Å². The van der Waals surface area contributed by atoms with Gasteiger partial charge in [0, 0.05) is 36.5 Å². The van der Waals surface area contributed by atoms with Crippen LogP contribution in [0, 0.1) is 11.3 Å². The average molecular weight is 549 g/mol. The molecule has 5 rings (SSSR count). The summed E-state index contributed by atoms with van der Waals surface area (Å²) in [5, 5.41) is 12.7. The molecular weight excluding hydrogens is 520 g/mol. The molecule has 0 radical (unpaired) electrons. The molecule has 0 bridgehead atoms. The van der Waals surface area contributed by atoms with E-state index in [1.54, 1.807) is 54.6 Å². The molecule has 10 nitrogen and oxygen atoms in total. The Morgan fingerprint density at radius 1 is 1.07 bits per heavy atom. The monoisotopic (exact) mass is 548 g/mol. The summed E-state index contributed by atoms with van der Waals surface area (Å²) in [5.41, 5.74) is 4.08. The van der Waals surface area contributed by atoms with E-state index in [1.165, 1.54) is 11.8 Å². The van der Waals surface area contributed by atoms with Crippen molar-refractivity contribution in [3.05, 3.63) is 95.7 Å². The molecule has 2 heterocycles. The maximum Gasteiger partial charge on any atom is 0.335 e. The maximum absolute atomic E-state index is 14.1. The van der Waals surface area contributed by atoms with Crippen LogP contribution in [-0.2, 0) is 16.0 Å². The summed E-state index contributed by atoms with van der Waals surface area (Å²) in [6, 6.07) is 23.2. The number of ether oxygens (including phenoxy) is 2. The highest BCUT2D eigenvalue weighted by molar-refractivity contribution is 6.11. The van der Waals surface area contributed by atoms with Crippen molar-refractivity contribution >= 4 is 40.8 Å². The van der Waals surface area contributed by atoms with E-state index in [1.807, 2.05) is 43.3 Å². The molecule has 3 aromatic carbocycles. The summed E-state index contributed by atoms with van der Waals surface area (Å²) in [4.78, 5) is 37.7. The van der Waals surface area contributed by atoms with Gasteiger partial charge >= 0.3 is 12.0 Å². The van der Waals surface area contributed by atoms with Gasteiger partial charge < -0.3 is 14.8 Å². The zero-order chi connectivity index (χ0) is 28.9. The molecule has 0 spiro atoms. The minimum atomic E-state index is -0.375. The Morgan fingerprint density at radius 2 is 1.85 bits per heavy atom. The van der Waals surface area contributed by atoms with E-state index in [0.717, 1.165) is 16.8 Å². The van der Waals surface area contributed by atoms with Crippen LogP contribution in [-0.4, -0.2) is 35.7 Å². The maximum atomic E-state index is 14.1. The van der Waals surface area contributed by atoms with Crippen molar-refractivity contribution in [2.75, 3.05) is 28.8 Å². The third-order valence-electron chi connectivity index (χ3n) is 6.71. The number of nitrogens with one attached hydrogen (secondary N) is 1. The third-order valence-corrected chi connectivity index (χ3v) is 6.71. The van der Waals surface area contributed by atoms with Crippen LogP contribution in [0.15, 0.2) is 79.0 Å². The fourth-order valence-corrected chi connectivity index (χ4v) is 4.69. The molecule has 0 saturated carbocycles. The normalized spacial score (nSPS) is 14.2. The first-order valence-electron chi connectivity index (χ1n) is 13.0. The number of methoxy groups -OCH3 is 1. The molecule has 41 heavy (non-hydrogen) atoms. The molecular formula is C31H28N6O4. The van der Waals surface area contributed by atoms with Gasteiger partial charge in [-0.15, -0.1) is 0 Å². The highest BCUT2D eigenvalue weighted by atomic mass is 16.5. The molecule has 2 amide bonds. The second-order valence-corrected chi connectivity index (χ2v) is 9.41. The van der Waals surface area contributed by atoms with Gasteiger partial charge in [-0.3, -0.25) is 9.69 Å². The second kappa shape index (κ2) is 11.8. The van der Waals surface area contributed by atoms with Crippen LogP contribution in [0.4, 0.5) is 33.6 Å². The second-order valence-electron chi connectivity index (χ2n) is 9.41. The van der Waals surface area contributed by atoms with Crippen molar-refractivity contribution in [1.82, 2.24) is 9.97 Å². The molecule has 0 saturated heterocycles. The molecule has 1 aliphatic heterocycles. The number of carbonyl (C=O) groups is 2. The quantitative estimate of drug-likeness (QED) is 0.264. The molecule has 206 valence electrons. The molecule has 1 aliphatic rings. The van der Waals surface area contributed by atoms with Gasteiger partial charge in [0.25, 0.3) is 0 Å². The number of esters is 1. The van der Waals surface area contributed by atoms with Crippen molar-refractivity contribution in [1.29, 1.82) is 5.26 Å². The Hall–Kier alpha value is -5.43. The zero-order valence-corrected chi connectivity index (χ0v) is 22.9. The lowest BCUT2D eigenvalue weighted by Gasteiger charge is -2.40. The fourth-order valence-electron chi connectivity index (χ4n) is 4.69. The van der Waals surface area contributed by atoms with E-state index in [-0.39, 0.29) is 24.6 Å². The van der Waals surface area contributed by atoms with E-state index in [4.69, 9.17) is 14.5 Å². The standard InChI is InChI=1S/C31H28N6O4/c1-20-28-19-33-30(34-24-8-4-6-22(16-24)14-15-41-21(2)38)35-29(28)37(26-9-5-7-23(17-26)18-32)31(39)36(20)25-10-12-27(40-3)13-11-25/h4-13,16-17,19-20H,14-15H2,1-3H3,(H,33,34,35). The largest absolute Gasteiger partial charge is 0.497 e. The van der Waals surface area contributed by atoms with Crippen LogP contribution in [0.3, 0.4) is 0 Å². The Bertz CT molecular complexity index is 1630. The predicted octanol–water partition coefficient (Wildman–Crippen LogP) is 6.05. The Morgan fingerprint density at radius 3 is 2.59 bits per heavy atom. The van der Waals surface area contributed by atoms with E-state index >= 15 is 0 Å². The molecule has 1 unspecified atom stereocenters. The number of hydrogen-bond donors (Lipinski definition) is 1. The number of fused-ring (bicyclic) bond motifs is 1. The van der Waals surface area contributed by atoms with E-state index < -0.39 is 0 Å². The summed E-state index contributed by atoms with van der Waals surface area (Å²) in [7, 11) is 1.59. The molecule has 0 aliphatic carbocycles. The number of nitrogens with zero attached hydrogens (tertiary/aromatic N) is 5. The lowest BCUT2D eigenvalue weighted by atomic mass is 10.0. The number of anilines is 5. The van der Waals surface area contributed by atoms with Gasteiger partial charge in [0.2, 0.25) is 5.95 Å². The lowest BCUT2D eigenvalue weighted by Crippen LogP contribution is -2.47. The average Bonchev–Trinajstić information content (AvgIpc) is 2.98. The van der Waals surface area contributed by atoms with Gasteiger partial charge in [-0.2, -0.15) is 10.2 Å². The molecule has 1 N–H and O–H groups in total. The first kappa shape index (κ1) is 27.1. The van der Waals surface area contributed by atoms with Crippen LogP contribution in [0.2, 0.25) is 0 Å². The van der Waals surface area contributed by atoms with E-state index in [9.17, 15) is 14.9 Å². The van der Waals surface area contributed by atoms with Crippen LogP contribution in [0.1, 0.15) is 36.6 Å². The minimum Gasteiger partial charge on any atom is -0.497 e. The number of nitriles is 1. The minimum absolute atomic E-state index is 0.287. The van der Waals surface area contributed by atoms with Gasteiger partial charge in [0.1, 0.15) is 5.75 Å². The van der Waals surface area contributed by atoms with Crippen molar-refractivity contribution < 1.29 is 19.1 Å². The van der Waals surface area contributed by atoms with Crippen LogP contribution < -0.4 is 19.9 Å². The number of benzene rings is 3. The molecule has 1 aromatic heterocycles. The molecule has 1 atom stereocenters. The van der Waals surface area contributed by atoms with Gasteiger partial charge in [-0.1, -0.05) is 18.2 Å². The summed E-state index contributed by atoms with van der Waals surface area (Å²) in [6.07, 6.45) is 2.28. The zero-order valence-electron chi connectivity index (χ0n) is 22.9. The number of rotatable bonds is 8. The highest BCUT2D eigenvalue weighted by Crippen LogP contribution is 2.42. The SMILES string of the molecule is COc1ccc(N2C(=O)N(c3cccc(C#N)c3)c3nc(Nc4cccc(CCOC(C)=O)c4)ncc3C2C)cc1. The summed E-state index contributed by atoms with van der Waals surface area (Å²) >= 11 is 0. The Labute approximate surface area is 237 Å². The van der Waals surface area contributed by atoms with Crippen molar-refractivity contribution in [2.24, 2.45) is 0 Å². The predicted molar refractivity (Wildman–Crippen MR) is 155 cm³/mol. The van der Waals surface area contributed by atoms with Gasteiger partial charge in [0.15, 0.2) is 5.82 Å². The van der Waals surface area contributed by atoms with Crippen LogP contribution in [0.5, 0.6) is 5.75 Å². The number of aromatic nitrogens is 2. The first-order chi connectivity index (χ1) is 19.9. The number of amides is 2. The van der Waals surface area contributed by atoms with Gasteiger partial charge in [-0.05, 0) is 67.1 Å².